The lowest BCUT2D eigenvalue weighted by Crippen LogP contribution is -2.42. The molecule has 20 heavy (non-hydrogen) atoms. The molecule has 2 aromatic heterocycles. The van der Waals surface area contributed by atoms with Gasteiger partial charge in [-0.15, -0.1) is 11.3 Å². The Bertz CT molecular complexity index is 543. The lowest BCUT2D eigenvalue weighted by atomic mass is 10.2. The van der Waals surface area contributed by atoms with Crippen molar-refractivity contribution in [2.24, 2.45) is 4.99 Å². The molecule has 0 saturated heterocycles. The summed E-state index contributed by atoms with van der Waals surface area (Å²) in [5.74, 6) is 0.858. The zero-order valence-electron chi connectivity index (χ0n) is 12.1. The van der Waals surface area contributed by atoms with E-state index in [0.717, 1.165) is 18.9 Å². The van der Waals surface area contributed by atoms with Gasteiger partial charge in [-0.1, -0.05) is 0 Å². The van der Waals surface area contributed by atoms with Crippen LogP contribution in [-0.2, 0) is 13.0 Å². The van der Waals surface area contributed by atoms with Crippen LogP contribution in [0.4, 0.5) is 0 Å². The minimum Gasteiger partial charge on any atom is -0.354 e. The minimum atomic E-state index is 0.363. The standard InChI is InChI=1S/C15H21N3S2/c1-11(8-14-5-4-12(2)20-14)18-15(16-3)17-9-13-6-7-19-10-13/h4-7,10-11H,8-9H2,1-3H3,(H2,16,17,18). The fourth-order valence-corrected chi connectivity index (χ4v) is 3.64. The summed E-state index contributed by atoms with van der Waals surface area (Å²) in [6, 6.07) is 6.88. The maximum absolute atomic E-state index is 4.28. The lowest BCUT2D eigenvalue weighted by Gasteiger charge is -2.17. The molecule has 0 spiro atoms. The summed E-state index contributed by atoms with van der Waals surface area (Å²) in [6.07, 6.45) is 1.03. The van der Waals surface area contributed by atoms with Crippen LogP contribution in [0.25, 0.3) is 0 Å². The van der Waals surface area contributed by atoms with Crippen molar-refractivity contribution in [2.45, 2.75) is 32.9 Å². The Labute approximate surface area is 128 Å². The summed E-state index contributed by atoms with van der Waals surface area (Å²) in [7, 11) is 1.81. The molecule has 0 bridgehead atoms. The van der Waals surface area contributed by atoms with E-state index < -0.39 is 0 Å². The molecule has 0 radical (unpaired) electrons. The summed E-state index contributed by atoms with van der Waals surface area (Å²) < 4.78 is 0. The van der Waals surface area contributed by atoms with Crippen molar-refractivity contribution in [3.8, 4) is 0 Å². The predicted octanol–water partition coefficient (Wildman–Crippen LogP) is 3.41. The van der Waals surface area contributed by atoms with Gasteiger partial charge < -0.3 is 10.6 Å². The van der Waals surface area contributed by atoms with E-state index in [-0.39, 0.29) is 0 Å². The Morgan fingerprint density at radius 1 is 1.35 bits per heavy atom. The number of nitrogens with zero attached hydrogens (tertiary/aromatic N) is 1. The Morgan fingerprint density at radius 3 is 2.80 bits per heavy atom. The fraction of sp³-hybridized carbons (Fsp3) is 0.400. The van der Waals surface area contributed by atoms with Gasteiger partial charge in [0.15, 0.2) is 5.96 Å². The zero-order chi connectivity index (χ0) is 14.4. The first-order chi connectivity index (χ1) is 9.67. The van der Waals surface area contributed by atoms with Crippen molar-refractivity contribution >= 4 is 28.6 Å². The van der Waals surface area contributed by atoms with E-state index in [1.165, 1.54) is 15.3 Å². The second-order valence-corrected chi connectivity index (χ2v) is 6.97. The topological polar surface area (TPSA) is 36.4 Å². The van der Waals surface area contributed by atoms with Gasteiger partial charge in [0.1, 0.15) is 0 Å². The molecular weight excluding hydrogens is 286 g/mol. The van der Waals surface area contributed by atoms with E-state index >= 15 is 0 Å². The number of hydrogen-bond acceptors (Lipinski definition) is 3. The summed E-state index contributed by atoms with van der Waals surface area (Å²) in [5, 5.41) is 11.0. The van der Waals surface area contributed by atoms with Crippen molar-refractivity contribution in [2.75, 3.05) is 7.05 Å². The van der Waals surface area contributed by atoms with Crippen LogP contribution in [0, 0.1) is 6.92 Å². The molecule has 2 N–H and O–H groups in total. The van der Waals surface area contributed by atoms with Gasteiger partial charge in [0, 0.05) is 35.8 Å². The molecule has 0 aliphatic rings. The molecule has 1 atom stereocenters. The van der Waals surface area contributed by atoms with E-state index in [9.17, 15) is 0 Å². The smallest absolute Gasteiger partial charge is 0.191 e. The van der Waals surface area contributed by atoms with Crippen LogP contribution in [0.5, 0.6) is 0 Å². The van der Waals surface area contributed by atoms with Crippen LogP contribution in [0.3, 0.4) is 0 Å². The van der Waals surface area contributed by atoms with Gasteiger partial charge in [-0.3, -0.25) is 4.99 Å². The van der Waals surface area contributed by atoms with E-state index in [4.69, 9.17) is 0 Å². The highest BCUT2D eigenvalue weighted by atomic mass is 32.1. The van der Waals surface area contributed by atoms with E-state index in [0.29, 0.717) is 6.04 Å². The third-order valence-corrected chi connectivity index (χ3v) is 4.71. The van der Waals surface area contributed by atoms with Crippen molar-refractivity contribution in [1.82, 2.24) is 10.6 Å². The number of guanidine groups is 1. The van der Waals surface area contributed by atoms with Crippen molar-refractivity contribution < 1.29 is 0 Å². The molecule has 0 aromatic carbocycles. The maximum Gasteiger partial charge on any atom is 0.191 e. The largest absolute Gasteiger partial charge is 0.354 e. The number of thiophene rings is 2. The number of nitrogens with one attached hydrogen (secondary N) is 2. The Hall–Kier alpha value is -1.33. The van der Waals surface area contributed by atoms with Gasteiger partial charge in [0.25, 0.3) is 0 Å². The Morgan fingerprint density at radius 2 is 2.20 bits per heavy atom. The SMILES string of the molecule is CN=C(NCc1ccsc1)NC(C)Cc1ccc(C)s1. The third-order valence-electron chi connectivity index (χ3n) is 2.95. The zero-order valence-corrected chi connectivity index (χ0v) is 13.8. The molecule has 2 rings (SSSR count). The molecule has 2 heterocycles. The summed E-state index contributed by atoms with van der Waals surface area (Å²) in [5.41, 5.74) is 1.29. The molecule has 0 saturated carbocycles. The predicted molar refractivity (Wildman–Crippen MR) is 89.9 cm³/mol. The first kappa shape index (κ1) is 15.1. The quantitative estimate of drug-likeness (QED) is 0.656. The molecule has 0 amide bonds. The summed E-state index contributed by atoms with van der Waals surface area (Å²) >= 11 is 3.58. The van der Waals surface area contributed by atoms with Crippen molar-refractivity contribution in [1.29, 1.82) is 0 Å². The number of aliphatic imine (C=N–C) groups is 1. The van der Waals surface area contributed by atoms with Crippen LogP contribution in [-0.4, -0.2) is 19.0 Å². The Balaban J connectivity index is 1.80. The number of hydrogen-bond donors (Lipinski definition) is 2. The molecule has 3 nitrogen and oxygen atoms in total. The van der Waals surface area contributed by atoms with Crippen LogP contribution < -0.4 is 10.6 Å². The van der Waals surface area contributed by atoms with Crippen LogP contribution in [0.1, 0.15) is 22.2 Å². The van der Waals surface area contributed by atoms with Crippen LogP contribution >= 0.6 is 22.7 Å². The second-order valence-electron chi connectivity index (χ2n) is 4.82. The number of aryl methyl sites for hydroxylation is 1. The fourth-order valence-electron chi connectivity index (χ4n) is 1.95. The van der Waals surface area contributed by atoms with E-state index in [2.05, 4.69) is 58.4 Å². The second kappa shape index (κ2) is 7.45. The first-order valence-electron chi connectivity index (χ1n) is 6.71. The molecule has 0 aliphatic carbocycles. The van der Waals surface area contributed by atoms with Crippen LogP contribution in [0.2, 0.25) is 0 Å². The van der Waals surface area contributed by atoms with Gasteiger partial charge in [-0.25, -0.2) is 0 Å². The molecule has 2 aromatic rings. The average molecular weight is 307 g/mol. The van der Waals surface area contributed by atoms with Crippen molar-refractivity contribution in [3.63, 3.8) is 0 Å². The highest BCUT2D eigenvalue weighted by Gasteiger charge is 2.07. The van der Waals surface area contributed by atoms with Crippen LogP contribution in [0.15, 0.2) is 34.0 Å². The van der Waals surface area contributed by atoms with E-state index in [1.54, 1.807) is 11.3 Å². The Kier molecular flexibility index (Phi) is 5.61. The highest BCUT2D eigenvalue weighted by molar-refractivity contribution is 7.11. The maximum atomic E-state index is 4.28. The van der Waals surface area contributed by atoms with Gasteiger partial charge in [-0.2, -0.15) is 11.3 Å². The monoisotopic (exact) mass is 307 g/mol. The van der Waals surface area contributed by atoms with Gasteiger partial charge in [0.05, 0.1) is 0 Å². The number of rotatable bonds is 5. The normalized spacial score (nSPS) is 13.2. The molecule has 0 aliphatic heterocycles. The first-order valence-corrected chi connectivity index (χ1v) is 8.47. The molecular formula is C15H21N3S2. The van der Waals surface area contributed by atoms with Gasteiger partial charge in [0.2, 0.25) is 0 Å². The molecule has 5 heteroatoms. The summed E-state index contributed by atoms with van der Waals surface area (Å²) in [4.78, 5) is 7.06. The third kappa shape index (κ3) is 4.65. The lowest BCUT2D eigenvalue weighted by molar-refractivity contribution is 0.645. The van der Waals surface area contributed by atoms with Gasteiger partial charge in [-0.05, 0) is 48.4 Å². The summed E-state index contributed by atoms with van der Waals surface area (Å²) in [6.45, 7) is 5.15. The molecule has 1 unspecified atom stereocenters. The molecule has 108 valence electrons. The molecule has 0 fully saturated rings. The highest BCUT2D eigenvalue weighted by Crippen LogP contribution is 2.16. The van der Waals surface area contributed by atoms with E-state index in [1.807, 2.05) is 18.4 Å². The van der Waals surface area contributed by atoms with Gasteiger partial charge >= 0.3 is 0 Å². The average Bonchev–Trinajstić information content (AvgIpc) is 3.06. The minimum absolute atomic E-state index is 0.363. The van der Waals surface area contributed by atoms with Crippen molar-refractivity contribution in [3.05, 3.63) is 44.3 Å².